The fraction of sp³-hybridized carbons (Fsp3) is 0.435. The van der Waals surface area contributed by atoms with Gasteiger partial charge in [-0.3, -0.25) is 4.79 Å². The van der Waals surface area contributed by atoms with E-state index < -0.39 is 0 Å². The van der Waals surface area contributed by atoms with Crippen LogP contribution in [0, 0.1) is 6.92 Å². The van der Waals surface area contributed by atoms with E-state index in [-0.39, 0.29) is 11.9 Å². The number of rotatable bonds is 6. The third kappa shape index (κ3) is 4.94. The predicted octanol–water partition coefficient (Wildman–Crippen LogP) is 4.37. The molecule has 6 nitrogen and oxygen atoms in total. The Kier molecular flexibility index (Phi) is 6.08. The molecule has 1 aliphatic rings. The Morgan fingerprint density at radius 2 is 1.93 bits per heavy atom. The van der Waals surface area contributed by atoms with Gasteiger partial charge in [0.2, 0.25) is 0 Å². The first-order valence-corrected chi connectivity index (χ1v) is 10.6. The quantitative estimate of drug-likeness (QED) is 0.545. The van der Waals surface area contributed by atoms with E-state index >= 15 is 0 Å². The maximum Gasteiger partial charge on any atom is 0.270 e. The highest BCUT2D eigenvalue weighted by Crippen LogP contribution is 2.19. The molecule has 1 amide bonds. The lowest BCUT2D eigenvalue weighted by Crippen LogP contribution is -2.35. The van der Waals surface area contributed by atoms with E-state index in [1.807, 2.05) is 13.0 Å². The van der Waals surface area contributed by atoms with Gasteiger partial charge in [0.05, 0.1) is 0 Å². The first-order chi connectivity index (χ1) is 14.2. The molecule has 1 aliphatic carbocycles. The molecule has 2 heterocycles. The summed E-state index contributed by atoms with van der Waals surface area (Å²) in [6, 6.07) is 10.3. The maximum absolute atomic E-state index is 12.7. The summed E-state index contributed by atoms with van der Waals surface area (Å²) in [5.41, 5.74) is 2.86. The van der Waals surface area contributed by atoms with Crippen molar-refractivity contribution < 1.29 is 4.79 Å². The Hall–Kier alpha value is -2.89. The second-order valence-corrected chi connectivity index (χ2v) is 7.88. The minimum absolute atomic E-state index is 0.0953. The minimum Gasteiger partial charge on any atom is -0.370 e. The zero-order valence-electron chi connectivity index (χ0n) is 17.0. The molecular weight excluding hydrogens is 362 g/mol. The molecule has 6 heteroatoms. The van der Waals surface area contributed by atoms with E-state index in [0.29, 0.717) is 17.3 Å². The number of hydrogen-bond donors (Lipinski definition) is 3. The van der Waals surface area contributed by atoms with Crippen LogP contribution in [0.25, 0.3) is 10.9 Å². The normalized spacial score (nSPS) is 15.2. The van der Waals surface area contributed by atoms with E-state index in [1.54, 1.807) is 6.07 Å². The van der Waals surface area contributed by atoms with Crippen LogP contribution in [0.4, 0.5) is 5.82 Å². The molecule has 1 aromatic carbocycles. The number of hydrogen-bond acceptors (Lipinski definition) is 4. The minimum atomic E-state index is -0.0953. The third-order valence-corrected chi connectivity index (χ3v) is 5.64. The van der Waals surface area contributed by atoms with Gasteiger partial charge in [-0.05, 0) is 37.8 Å². The van der Waals surface area contributed by atoms with Gasteiger partial charge in [-0.1, -0.05) is 43.9 Å². The monoisotopic (exact) mass is 391 g/mol. The van der Waals surface area contributed by atoms with Gasteiger partial charge in [0.25, 0.3) is 5.91 Å². The van der Waals surface area contributed by atoms with E-state index in [9.17, 15) is 4.79 Å². The molecule has 0 aliphatic heterocycles. The van der Waals surface area contributed by atoms with Crippen molar-refractivity contribution in [3.8, 4) is 0 Å². The van der Waals surface area contributed by atoms with Crippen molar-refractivity contribution in [1.82, 2.24) is 20.3 Å². The molecule has 0 radical (unpaired) electrons. The van der Waals surface area contributed by atoms with E-state index in [4.69, 9.17) is 0 Å². The van der Waals surface area contributed by atoms with Crippen molar-refractivity contribution in [2.45, 2.75) is 57.9 Å². The smallest absolute Gasteiger partial charge is 0.270 e. The highest BCUT2D eigenvalue weighted by molar-refractivity contribution is 5.93. The van der Waals surface area contributed by atoms with Crippen LogP contribution in [0.5, 0.6) is 0 Å². The molecule has 1 fully saturated rings. The molecule has 4 rings (SSSR count). The van der Waals surface area contributed by atoms with Gasteiger partial charge in [-0.15, -0.1) is 0 Å². The molecule has 1 saturated carbocycles. The second-order valence-electron chi connectivity index (χ2n) is 7.88. The zero-order valence-corrected chi connectivity index (χ0v) is 17.0. The summed E-state index contributed by atoms with van der Waals surface area (Å²) >= 11 is 0. The second kappa shape index (κ2) is 9.07. The molecule has 2 aromatic heterocycles. The number of nitrogens with zero attached hydrogens (tertiary/aromatic N) is 2. The topological polar surface area (TPSA) is 82.7 Å². The third-order valence-electron chi connectivity index (χ3n) is 5.64. The molecule has 29 heavy (non-hydrogen) atoms. The van der Waals surface area contributed by atoms with Crippen LogP contribution in [0.1, 0.15) is 60.4 Å². The van der Waals surface area contributed by atoms with E-state index in [0.717, 1.165) is 31.3 Å². The van der Waals surface area contributed by atoms with Crippen molar-refractivity contribution in [2.24, 2.45) is 0 Å². The molecule has 0 saturated heterocycles. The Balaban J connectivity index is 1.38. The van der Waals surface area contributed by atoms with Gasteiger partial charge in [0.15, 0.2) is 0 Å². The van der Waals surface area contributed by atoms with Gasteiger partial charge < -0.3 is 15.6 Å². The molecule has 152 valence electrons. The number of nitrogens with one attached hydrogen (secondary N) is 3. The fourth-order valence-electron chi connectivity index (χ4n) is 4.12. The number of aromatic nitrogens is 3. The Bertz CT molecular complexity index is 972. The van der Waals surface area contributed by atoms with Gasteiger partial charge in [-0.2, -0.15) is 0 Å². The number of fused-ring (bicyclic) bond motifs is 1. The largest absolute Gasteiger partial charge is 0.370 e. The van der Waals surface area contributed by atoms with Gasteiger partial charge in [0.1, 0.15) is 17.3 Å². The molecule has 3 N–H and O–H groups in total. The lowest BCUT2D eigenvalue weighted by Gasteiger charge is -2.16. The number of carbonyl (C=O) groups excluding carboxylic acids is 1. The summed E-state index contributed by atoms with van der Waals surface area (Å²) in [6.45, 7) is 2.56. The Morgan fingerprint density at radius 3 is 2.76 bits per heavy atom. The summed E-state index contributed by atoms with van der Waals surface area (Å²) in [5, 5.41) is 7.77. The summed E-state index contributed by atoms with van der Waals surface area (Å²) < 4.78 is 0. The zero-order chi connectivity index (χ0) is 20.1. The molecule has 3 aromatic rings. The molecule has 0 spiro atoms. The van der Waals surface area contributed by atoms with Crippen molar-refractivity contribution >= 4 is 22.6 Å². The van der Waals surface area contributed by atoms with Crippen LogP contribution in [-0.4, -0.2) is 33.4 Å². The first kappa shape index (κ1) is 19.4. The number of amides is 1. The average molecular weight is 392 g/mol. The number of anilines is 1. The van der Waals surface area contributed by atoms with Crippen LogP contribution >= 0.6 is 0 Å². The van der Waals surface area contributed by atoms with Crippen LogP contribution in [-0.2, 0) is 6.42 Å². The molecular formula is C23H29N5O. The number of aromatic amines is 1. The fourth-order valence-corrected chi connectivity index (χ4v) is 4.12. The summed E-state index contributed by atoms with van der Waals surface area (Å²) in [5.74, 6) is 1.21. The van der Waals surface area contributed by atoms with Crippen LogP contribution in [0.15, 0.2) is 36.5 Å². The number of H-pyrrole nitrogens is 1. The summed E-state index contributed by atoms with van der Waals surface area (Å²) in [6.07, 6.45) is 9.96. The van der Waals surface area contributed by atoms with E-state index in [2.05, 4.69) is 50.0 Å². The van der Waals surface area contributed by atoms with Crippen molar-refractivity contribution in [3.63, 3.8) is 0 Å². The van der Waals surface area contributed by atoms with Gasteiger partial charge >= 0.3 is 0 Å². The molecule has 0 unspecified atom stereocenters. The van der Waals surface area contributed by atoms with Gasteiger partial charge in [0, 0.05) is 35.8 Å². The predicted molar refractivity (Wildman–Crippen MR) is 116 cm³/mol. The highest BCUT2D eigenvalue weighted by Gasteiger charge is 2.17. The number of aryl methyl sites for hydroxylation is 1. The lowest BCUT2D eigenvalue weighted by atomic mass is 10.1. The van der Waals surface area contributed by atoms with Gasteiger partial charge in [-0.25, -0.2) is 9.97 Å². The van der Waals surface area contributed by atoms with Crippen molar-refractivity contribution in [2.75, 3.05) is 11.9 Å². The summed E-state index contributed by atoms with van der Waals surface area (Å²) in [7, 11) is 0. The first-order valence-electron chi connectivity index (χ1n) is 10.6. The number of para-hydroxylation sites is 1. The van der Waals surface area contributed by atoms with Crippen molar-refractivity contribution in [1.29, 1.82) is 0 Å². The number of benzene rings is 1. The standard InChI is InChI=1S/C23H29N5O/c1-16-26-21(23(29)28-18-8-4-2-3-5-9-18)14-22(27-16)24-13-12-17-15-25-20-11-7-6-10-19(17)20/h6-7,10-11,14-15,18,25H,2-5,8-9,12-13H2,1H3,(H,28,29)(H,24,26,27). The summed E-state index contributed by atoms with van der Waals surface area (Å²) in [4.78, 5) is 24.8. The van der Waals surface area contributed by atoms with Crippen LogP contribution < -0.4 is 10.6 Å². The highest BCUT2D eigenvalue weighted by atomic mass is 16.1. The Morgan fingerprint density at radius 1 is 1.14 bits per heavy atom. The Labute approximate surface area is 171 Å². The number of carbonyl (C=O) groups is 1. The maximum atomic E-state index is 12.7. The van der Waals surface area contributed by atoms with Crippen molar-refractivity contribution in [3.05, 3.63) is 53.6 Å². The van der Waals surface area contributed by atoms with E-state index in [1.165, 1.54) is 36.6 Å². The lowest BCUT2D eigenvalue weighted by molar-refractivity contribution is 0.0928. The molecule has 0 bridgehead atoms. The average Bonchev–Trinajstić information content (AvgIpc) is 2.95. The molecule has 0 atom stereocenters. The van der Waals surface area contributed by atoms with Crippen LogP contribution in [0.2, 0.25) is 0 Å². The SMILES string of the molecule is Cc1nc(NCCc2c[nH]c3ccccc23)cc(C(=O)NC2CCCCCC2)n1. The van der Waals surface area contributed by atoms with Crippen LogP contribution in [0.3, 0.4) is 0 Å².